The van der Waals surface area contributed by atoms with Crippen molar-refractivity contribution in [1.29, 1.82) is 0 Å². The Morgan fingerprint density at radius 3 is 2.75 bits per heavy atom. The first-order valence-electron chi connectivity index (χ1n) is 6.47. The molecule has 20 heavy (non-hydrogen) atoms. The summed E-state index contributed by atoms with van der Waals surface area (Å²) >= 11 is 0. The van der Waals surface area contributed by atoms with Gasteiger partial charge in [-0.3, -0.25) is 9.78 Å². The van der Waals surface area contributed by atoms with Gasteiger partial charge >= 0.3 is 0 Å². The summed E-state index contributed by atoms with van der Waals surface area (Å²) in [7, 11) is 2.01. The zero-order valence-corrected chi connectivity index (χ0v) is 11.2. The predicted octanol–water partition coefficient (Wildman–Crippen LogP) is 2.50. The molecule has 0 saturated carbocycles. The summed E-state index contributed by atoms with van der Waals surface area (Å²) in [5.74, 6) is -0.0830. The predicted molar refractivity (Wildman–Crippen MR) is 78.3 cm³/mol. The first kappa shape index (κ1) is 12.4. The van der Waals surface area contributed by atoms with Crippen LogP contribution in [-0.2, 0) is 13.6 Å². The van der Waals surface area contributed by atoms with Gasteiger partial charge in [0, 0.05) is 48.6 Å². The third-order valence-electron chi connectivity index (χ3n) is 3.36. The van der Waals surface area contributed by atoms with E-state index in [9.17, 15) is 4.79 Å². The monoisotopic (exact) mass is 265 g/mol. The normalized spacial score (nSPS) is 10.7. The molecule has 0 unspecified atom stereocenters. The second-order valence-electron chi connectivity index (χ2n) is 4.70. The smallest absolute Gasteiger partial charge is 0.251 e. The quantitative estimate of drug-likeness (QED) is 0.791. The van der Waals surface area contributed by atoms with Gasteiger partial charge in [-0.25, -0.2) is 0 Å². The third kappa shape index (κ3) is 2.28. The fourth-order valence-corrected chi connectivity index (χ4v) is 2.35. The van der Waals surface area contributed by atoms with Gasteiger partial charge in [0.2, 0.25) is 0 Å². The molecule has 0 spiro atoms. The fourth-order valence-electron chi connectivity index (χ4n) is 2.35. The molecule has 0 bridgehead atoms. The summed E-state index contributed by atoms with van der Waals surface area (Å²) in [6.07, 6.45) is 5.29. The molecule has 0 saturated heterocycles. The molecule has 3 aromatic rings. The van der Waals surface area contributed by atoms with Crippen LogP contribution in [0.3, 0.4) is 0 Å². The first-order chi connectivity index (χ1) is 9.75. The van der Waals surface area contributed by atoms with Crippen LogP contribution in [0.15, 0.2) is 55.0 Å². The number of hydrogen-bond donors (Lipinski definition) is 1. The molecule has 0 atom stereocenters. The Labute approximate surface area is 117 Å². The number of nitrogens with zero attached hydrogens (tertiary/aromatic N) is 2. The molecule has 0 fully saturated rings. The lowest BCUT2D eigenvalue weighted by atomic mass is 10.1. The Morgan fingerprint density at radius 2 is 1.95 bits per heavy atom. The summed E-state index contributed by atoms with van der Waals surface area (Å²) in [4.78, 5) is 15.9. The van der Waals surface area contributed by atoms with Crippen molar-refractivity contribution in [3.63, 3.8) is 0 Å². The number of carbonyl (C=O) groups excluding carboxylic acids is 1. The second-order valence-corrected chi connectivity index (χ2v) is 4.70. The summed E-state index contributed by atoms with van der Waals surface area (Å²) in [5.41, 5.74) is 2.91. The van der Waals surface area contributed by atoms with E-state index >= 15 is 0 Å². The van der Waals surface area contributed by atoms with Gasteiger partial charge in [-0.15, -0.1) is 0 Å². The number of para-hydroxylation sites is 1. The van der Waals surface area contributed by atoms with Gasteiger partial charge in [0.25, 0.3) is 5.91 Å². The highest BCUT2D eigenvalue weighted by atomic mass is 16.1. The van der Waals surface area contributed by atoms with Crippen LogP contribution in [0.4, 0.5) is 0 Å². The van der Waals surface area contributed by atoms with Crippen LogP contribution in [0.1, 0.15) is 15.9 Å². The molecule has 4 heteroatoms. The van der Waals surface area contributed by atoms with Crippen LogP contribution in [0, 0.1) is 0 Å². The number of aryl methyl sites for hydroxylation is 1. The summed E-state index contributed by atoms with van der Waals surface area (Å²) < 4.78 is 2.07. The van der Waals surface area contributed by atoms with Crippen molar-refractivity contribution in [2.24, 2.45) is 7.05 Å². The molecule has 0 radical (unpaired) electrons. The van der Waals surface area contributed by atoms with E-state index in [0.29, 0.717) is 12.1 Å². The van der Waals surface area contributed by atoms with E-state index < -0.39 is 0 Å². The van der Waals surface area contributed by atoms with Crippen molar-refractivity contribution in [2.45, 2.75) is 6.54 Å². The third-order valence-corrected chi connectivity index (χ3v) is 3.36. The zero-order chi connectivity index (χ0) is 13.9. The van der Waals surface area contributed by atoms with Crippen LogP contribution in [0.5, 0.6) is 0 Å². The molecule has 0 aliphatic rings. The Hall–Kier alpha value is -2.62. The SMILES string of the molecule is Cn1cc(CNC(=O)c2ccncc2)c2ccccc21. The zero-order valence-electron chi connectivity index (χ0n) is 11.2. The van der Waals surface area contributed by atoms with Gasteiger partial charge in [-0.2, -0.15) is 0 Å². The molecule has 4 nitrogen and oxygen atoms in total. The molecule has 3 rings (SSSR count). The molecular weight excluding hydrogens is 250 g/mol. The van der Waals surface area contributed by atoms with Gasteiger partial charge < -0.3 is 9.88 Å². The van der Waals surface area contributed by atoms with Gasteiger partial charge in [0.15, 0.2) is 0 Å². The van der Waals surface area contributed by atoms with Gasteiger partial charge in [0.1, 0.15) is 0 Å². The Balaban J connectivity index is 1.79. The molecule has 100 valence electrons. The highest BCUT2D eigenvalue weighted by molar-refractivity contribution is 5.94. The van der Waals surface area contributed by atoms with Gasteiger partial charge in [-0.1, -0.05) is 18.2 Å². The molecule has 0 aliphatic heterocycles. The minimum Gasteiger partial charge on any atom is -0.350 e. The minimum absolute atomic E-state index is 0.0830. The highest BCUT2D eigenvalue weighted by Crippen LogP contribution is 2.20. The summed E-state index contributed by atoms with van der Waals surface area (Å²) in [5, 5.41) is 4.11. The van der Waals surface area contributed by atoms with E-state index in [0.717, 1.165) is 5.56 Å². The largest absolute Gasteiger partial charge is 0.350 e. The molecule has 1 aromatic carbocycles. The van der Waals surface area contributed by atoms with Gasteiger partial charge in [0.05, 0.1) is 0 Å². The van der Waals surface area contributed by atoms with E-state index in [1.54, 1.807) is 24.5 Å². The van der Waals surface area contributed by atoms with Crippen LogP contribution in [-0.4, -0.2) is 15.5 Å². The van der Waals surface area contributed by atoms with Crippen LogP contribution in [0.25, 0.3) is 10.9 Å². The maximum atomic E-state index is 12.0. The van der Waals surface area contributed by atoms with Crippen LogP contribution >= 0.6 is 0 Å². The summed E-state index contributed by atoms with van der Waals surface area (Å²) in [6, 6.07) is 11.6. The molecular formula is C16H15N3O. The topological polar surface area (TPSA) is 46.9 Å². The lowest BCUT2D eigenvalue weighted by molar-refractivity contribution is 0.0951. The standard InChI is InChI=1S/C16H15N3O/c1-19-11-13(14-4-2-3-5-15(14)19)10-18-16(20)12-6-8-17-9-7-12/h2-9,11H,10H2,1H3,(H,18,20). The van der Waals surface area contributed by atoms with Crippen molar-refractivity contribution < 1.29 is 4.79 Å². The highest BCUT2D eigenvalue weighted by Gasteiger charge is 2.08. The van der Waals surface area contributed by atoms with Crippen molar-refractivity contribution in [2.75, 3.05) is 0 Å². The van der Waals surface area contributed by atoms with E-state index in [1.165, 1.54) is 10.9 Å². The fraction of sp³-hybridized carbons (Fsp3) is 0.125. The maximum Gasteiger partial charge on any atom is 0.251 e. The maximum absolute atomic E-state index is 12.0. The van der Waals surface area contributed by atoms with E-state index in [4.69, 9.17) is 0 Å². The average Bonchev–Trinajstić information content (AvgIpc) is 2.83. The van der Waals surface area contributed by atoms with Gasteiger partial charge in [-0.05, 0) is 23.8 Å². The number of rotatable bonds is 3. The first-order valence-corrected chi connectivity index (χ1v) is 6.47. The Kier molecular flexibility index (Phi) is 3.21. The van der Waals surface area contributed by atoms with E-state index in [2.05, 4.69) is 33.2 Å². The number of amides is 1. The second kappa shape index (κ2) is 5.17. The van der Waals surface area contributed by atoms with Crippen molar-refractivity contribution >= 4 is 16.8 Å². The van der Waals surface area contributed by atoms with E-state index in [-0.39, 0.29) is 5.91 Å². The number of fused-ring (bicyclic) bond motifs is 1. The lowest BCUT2D eigenvalue weighted by Gasteiger charge is -2.04. The Bertz CT molecular complexity index is 747. The van der Waals surface area contributed by atoms with Crippen LogP contribution in [0.2, 0.25) is 0 Å². The molecule has 1 N–H and O–H groups in total. The van der Waals surface area contributed by atoms with Crippen molar-refractivity contribution in [3.8, 4) is 0 Å². The van der Waals surface area contributed by atoms with Crippen molar-refractivity contribution in [1.82, 2.24) is 14.9 Å². The van der Waals surface area contributed by atoms with Crippen LogP contribution < -0.4 is 5.32 Å². The molecule has 1 amide bonds. The molecule has 0 aliphatic carbocycles. The number of aromatic nitrogens is 2. The van der Waals surface area contributed by atoms with E-state index in [1.807, 2.05) is 19.2 Å². The number of hydrogen-bond acceptors (Lipinski definition) is 2. The number of carbonyl (C=O) groups is 1. The Morgan fingerprint density at radius 1 is 1.20 bits per heavy atom. The van der Waals surface area contributed by atoms with Crippen molar-refractivity contribution in [3.05, 3.63) is 66.1 Å². The molecule has 2 aromatic heterocycles. The average molecular weight is 265 g/mol. The number of benzene rings is 1. The number of nitrogens with one attached hydrogen (secondary N) is 1. The minimum atomic E-state index is -0.0830. The summed E-state index contributed by atoms with van der Waals surface area (Å²) in [6.45, 7) is 0.516. The molecule has 2 heterocycles. The number of pyridine rings is 1. The lowest BCUT2D eigenvalue weighted by Crippen LogP contribution is -2.22.